The first-order valence-corrected chi connectivity index (χ1v) is 26.1. The molecule has 0 heterocycles. The van der Waals surface area contributed by atoms with Crippen molar-refractivity contribution in [2.75, 3.05) is 6.61 Å². The highest BCUT2D eigenvalue weighted by atomic mass is 16.3. The molecule has 0 rings (SSSR count). The topological polar surface area (TPSA) is 69.6 Å². The van der Waals surface area contributed by atoms with Gasteiger partial charge in [0.05, 0.1) is 18.8 Å². The zero-order chi connectivity index (χ0) is 44.9. The Labute approximate surface area is 385 Å². The van der Waals surface area contributed by atoms with Gasteiger partial charge in [-0.05, 0) is 83.5 Å². The molecule has 354 valence electrons. The number of carbonyl (C=O) groups is 1. The average molecular weight is 858 g/mol. The highest BCUT2D eigenvalue weighted by Gasteiger charge is 2.17. The fourth-order valence-electron chi connectivity index (χ4n) is 7.29. The second-order valence-electron chi connectivity index (χ2n) is 17.2. The van der Waals surface area contributed by atoms with Crippen molar-refractivity contribution in [1.82, 2.24) is 5.32 Å². The summed E-state index contributed by atoms with van der Waals surface area (Å²) in [5.74, 6) is -0.163. The van der Waals surface area contributed by atoms with Crippen LogP contribution in [0.5, 0.6) is 0 Å². The lowest BCUT2D eigenvalue weighted by Gasteiger charge is -2.19. The number of carbonyl (C=O) groups excluding carboxylic acids is 1. The van der Waals surface area contributed by atoms with Gasteiger partial charge in [-0.25, -0.2) is 0 Å². The van der Waals surface area contributed by atoms with Crippen LogP contribution in [0.25, 0.3) is 0 Å². The van der Waals surface area contributed by atoms with E-state index in [1.165, 1.54) is 141 Å². The Balaban J connectivity index is 3.68. The van der Waals surface area contributed by atoms with Gasteiger partial charge in [-0.1, -0.05) is 252 Å². The van der Waals surface area contributed by atoms with Crippen LogP contribution < -0.4 is 5.32 Å². The van der Waals surface area contributed by atoms with Crippen LogP contribution in [0.2, 0.25) is 0 Å². The first-order valence-electron chi connectivity index (χ1n) is 26.1. The first kappa shape index (κ1) is 59.1. The van der Waals surface area contributed by atoms with E-state index < -0.39 is 12.1 Å². The standard InChI is InChI=1S/C58H99NO3/c1-3-5-7-9-11-13-15-17-19-21-23-24-25-26-27-28-29-30-31-32-33-34-36-37-39-41-43-45-47-49-51-53-57(61)56(55-60)59-58(62)54-52-50-48-46-44-42-40-38-35-22-20-18-16-14-12-10-8-6-4-2/h6,8,12,14,18,20,35-38,42-45,48,50-51,53,56-57,60-61H,3-5,7,9-11,13,15-17,19,21-34,39-41,46-47,49,52,54-55H2,1-2H3,(H,59,62)/b8-6-,14-12-,20-18-,37-36+,38-35-,44-42-,45-43+,50-48-,53-51+. The zero-order valence-corrected chi connectivity index (χ0v) is 40.6. The Morgan fingerprint density at radius 1 is 0.403 bits per heavy atom. The van der Waals surface area contributed by atoms with Crippen molar-refractivity contribution in [3.05, 3.63) is 109 Å². The Hall–Kier alpha value is -2.95. The molecular weight excluding hydrogens is 759 g/mol. The molecule has 2 unspecified atom stereocenters. The molecule has 4 heteroatoms. The maximum absolute atomic E-state index is 12.4. The molecule has 1 amide bonds. The first-order chi connectivity index (χ1) is 30.7. The Morgan fingerprint density at radius 2 is 0.726 bits per heavy atom. The molecule has 4 nitrogen and oxygen atoms in total. The number of amides is 1. The van der Waals surface area contributed by atoms with Gasteiger partial charge in [0.25, 0.3) is 0 Å². The molecular formula is C58H99NO3. The third-order valence-electron chi connectivity index (χ3n) is 11.2. The quantitative estimate of drug-likeness (QED) is 0.0422. The van der Waals surface area contributed by atoms with Gasteiger partial charge in [-0.3, -0.25) is 4.79 Å². The molecule has 0 aliphatic carbocycles. The summed E-state index contributed by atoms with van der Waals surface area (Å²) in [6, 6.07) is -0.695. The summed E-state index contributed by atoms with van der Waals surface area (Å²) in [4.78, 5) is 12.4. The minimum Gasteiger partial charge on any atom is -0.394 e. The lowest BCUT2D eigenvalue weighted by Crippen LogP contribution is -2.45. The van der Waals surface area contributed by atoms with E-state index in [-0.39, 0.29) is 12.5 Å². The minimum atomic E-state index is -0.910. The largest absolute Gasteiger partial charge is 0.394 e. The summed E-state index contributed by atoms with van der Waals surface area (Å²) in [5, 5.41) is 23.0. The molecule has 0 aromatic heterocycles. The van der Waals surface area contributed by atoms with Gasteiger partial charge in [0.15, 0.2) is 0 Å². The number of hydrogen-bond donors (Lipinski definition) is 3. The molecule has 0 aromatic rings. The zero-order valence-electron chi connectivity index (χ0n) is 40.6. The Kier molecular flexibility index (Phi) is 49.9. The molecule has 0 radical (unpaired) electrons. The molecule has 0 bridgehead atoms. The highest BCUT2D eigenvalue weighted by Crippen LogP contribution is 2.15. The van der Waals surface area contributed by atoms with E-state index in [1.807, 2.05) is 12.2 Å². The molecule has 0 saturated carbocycles. The van der Waals surface area contributed by atoms with Crippen LogP contribution in [0.15, 0.2) is 109 Å². The summed E-state index contributed by atoms with van der Waals surface area (Å²) in [6.45, 7) is 4.15. The van der Waals surface area contributed by atoms with Gasteiger partial charge in [-0.15, -0.1) is 0 Å². The van der Waals surface area contributed by atoms with Gasteiger partial charge >= 0.3 is 0 Å². The van der Waals surface area contributed by atoms with Gasteiger partial charge in [0.2, 0.25) is 5.91 Å². The predicted octanol–water partition coefficient (Wildman–Crippen LogP) is 17.1. The molecule has 0 aliphatic heterocycles. The van der Waals surface area contributed by atoms with E-state index >= 15 is 0 Å². The number of rotatable bonds is 46. The summed E-state index contributed by atoms with van der Waals surface area (Å²) >= 11 is 0. The van der Waals surface area contributed by atoms with Crippen molar-refractivity contribution in [3.8, 4) is 0 Å². The molecule has 0 aliphatic rings. The van der Waals surface area contributed by atoms with Gasteiger partial charge in [-0.2, -0.15) is 0 Å². The monoisotopic (exact) mass is 858 g/mol. The fourth-order valence-corrected chi connectivity index (χ4v) is 7.29. The van der Waals surface area contributed by atoms with Gasteiger partial charge < -0.3 is 15.5 Å². The maximum Gasteiger partial charge on any atom is 0.220 e. The normalized spacial score (nSPS) is 13.8. The van der Waals surface area contributed by atoms with Crippen LogP contribution in [0.4, 0.5) is 0 Å². The smallest absolute Gasteiger partial charge is 0.220 e. The molecule has 0 saturated heterocycles. The molecule has 0 spiro atoms. The molecule has 0 aromatic carbocycles. The number of unbranched alkanes of at least 4 members (excludes halogenated alkanes) is 23. The van der Waals surface area contributed by atoms with Crippen molar-refractivity contribution in [2.45, 2.75) is 244 Å². The number of allylic oxidation sites excluding steroid dienone is 17. The second kappa shape index (κ2) is 52.4. The van der Waals surface area contributed by atoms with Crippen LogP contribution >= 0.6 is 0 Å². The molecule has 3 N–H and O–H groups in total. The van der Waals surface area contributed by atoms with E-state index in [0.29, 0.717) is 12.8 Å². The number of hydrogen-bond acceptors (Lipinski definition) is 3. The Morgan fingerprint density at radius 3 is 1.11 bits per heavy atom. The molecule has 2 atom stereocenters. The van der Waals surface area contributed by atoms with Crippen LogP contribution in [0.3, 0.4) is 0 Å². The average Bonchev–Trinajstić information content (AvgIpc) is 3.28. The predicted molar refractivity (Wildman–Crippen MR) is 276 cm³/mol. The van der Waals surface area contributed by atoms with E-state index in [1.54, 1.807) is 6.08 Å². The van der Waals surface area contributed by atoms with Crippen molar-refractivity contribution in [1.29, 1.82) is 0 Å². The van der Waals surface area contributed by atoms with Crippen molar-refractivity contribution < 1.29 is 15.0 Å². The Bertz CT molecular complexity index is 1200. The van der Waals surface area contributed by atoms with E-state index in [9.17, 15) is 15.0 Å². The fraction of sp³-hybridized carbons (Fsp3) is 0.672. The summed E-state index contributed by atoms with van der Waals surface area (Å²) < 4.78 is 0. The van der Waals surface area contributed by atoms with E-state index in [4.69, 9.17) is 0 Å². The lowest BCUT2D eigenvalue weighted by molar-refractivity contribution is -0.122. The van der Waals surface area contributed by atoms with Crippen molar-refractivity contribution in [2.24, 2.45) is 0 Å². The SMILES string of the molecule is CC/C=C\C/C=C\C/C=C\C/C=C\C/C=C\C/C=C\CCC(=O)NC(CO)C(O)/C=C/CC/C=C/CC/C=C/CCCCCCCCCCCCCCCCCCCCCCC. The number of nitrogens with one attached hydrogen (secondary N) is 1. The van der Waals surface area contributed by atoms with Crippen LogP contribution in [-0.4, -0.2) is 34.9 Å². The van der Waals surface area contributed by atoms with Crippen molar-refractivity contribution >= 4 is 5.91 Å². The van der Waals surface area contributed by atoms with Crippen molar-refractivity contribution in [3.63, 3.8) is 0 Å². The number of aliphatic hydroxyl groups is 2. The van der Waals surface area contributed by atoms with Crippen LogP contribution in [-0.2, 0) is 4.79 Å². The van der Waals surface area contributed by atoms with Crippen LogP contribution in [0, 0.1) is 0 Å². The summed E-state index contributed by atoms with van der Waals surface area (Å²) in [5.41, 5.74) is 0. The lowest BCUT2D eigenvalue weighted by atomic mass is 10.0. The van der Waals surface area contributed by atoms with E-state index in [2.05, 4.69) is 110 Å². The van der Waals surface area contributed by atoms with Crippen LogP contribution in [0.1, 0.15) is 232 Å². The van der Waals surface area contributed by atoms with Gasteiger partial charge in [0.1, 0.15) is 0 Å². The number of aliphatic hydroxyl groups excluding tert-OH is 2. The minimum absolute atomic E-state index is 0.163. The highest BCUT2D eigenvalue weighted by molar-refractivity contribution is 5.76. The maximum atomic E-state index is 12.4. The second-order valence-corrected chi connectivity index (χ2v) is 17.2. The van der Waals surface area contributed by atoms with E-state index in [0.717, 1.165) is 64.2 Å². The third kappa shape index (κ3) is 48.1. The molecule has 62 heavy (non-hydrogen) atoms. The summed E-state index contributed by atoms with van der Waals surface area (Å²) in [7, 11) is 0. The summed E-state index contributed by atoms with van der Waals surface area (Å²) in [6.07, 6.45) is 79.7. The van der Waals surface area contributed by atoms with Gasteiger partial charge in [0, 0.05) is 6.42 Å². The molecule has 0 fully saturated rings. The third-order valence-corrected chi connectivity index (χ3v) is 11.2.